The maximum absolute atomic E-state index is 11.8. The molecule has 1 saturated heterocycles. The minimum absolute atomic E-state index is 0.178. The van der Waals surface area contributed by atoms with Crippen LogP contribution in [0.2, 0.25) is 5.02 Å². The standard InChI is InChI=1S/C12H18ClN3O2/c1-3-16-11(17)10(13)9(7-15-16)14-8-12(2)5-4-6-18-12/h7,14H,3-6,8H2,1-2H3. The van der Waals surface area contributed by atoms with Crippen molar-refractivity contribution < 1.29 is 4.74 Å². The zero-order chi connectivity index (χ0) is 13.2. The quantitative estimate of drug-likeness (QED) is 0.909. The monoisotopic (exact) mass is 271 g/mol. The van der Waals surface area contributed by atoms with Gasteiger partial charge < -0.3 is 10.1 Å². The van der Waals surface area contributed by atoms with Gasteiger partial charge in [0.15, 0.2) is 0 Å². The second kappa shape index (κ2) is 5.28. The molecule has 1 aromatic rings. The Balaban J connectivity index is 2.10. The van der Waals surface area contributed by atoms with Crippen molar-refractivity contribution in [2.24, 2.45) is 0 Å². The van der Waals surface area contributed by atoms with Gasteiger partial charge in [-0.3, -0.25) is 4.79 Å². The normalized spacial score (nSPS) is 23.3. The van der Waals surface area contributed by atoms with Crippen LogP contribution in [0, 0.1) is 0 Å². The van der Waals surface area contributed by atoms with Crippen molar-refractivity contribution >= 4 is 17.3 Å². The van der Waals surface area contributed by atoms with Crippen LogP contribution in [0.3, 0.4) is 0 Å². The second-order valence-electron chi connectivity index (χ2n) is 4.75. The Kier molecular flexibility index (Phi) is 3.92. The van der Waals surface area contributed by atoms with E-state index in [1.165, 1.54) is 4.68 Å². The highest BCUT2D eigenvalue weighted by atomic mass is 35.5. The van der Waals surface area contributed by atoms with E-state index in [1.54, 1.807) is 6.20 Å². The van der Waals surface area contributed by atoms with Gasteiger partial charge in [-0.2, -0.15) is 5.10 Å². The summed E-state index contributed by atoms with van der Waals surface area (Å²) in [6.07, 6.45) is 3.67. The van der Waals surface area contributed by atoms with Crippen LogP contribution in [0.1, 0.15) is 26.7 Å². The van der Waals surface area contributed by atoms with Crippen LogP contribution < -0.4 is 10.9 Å². The molecule has 0 aromatic carbocycles. The first kappa shape index (κ1) is 13.4. The van der Waals surface area contributed by atoms with E-state index in [2.05, 4.69) is 17.3 Å². The fourth-order valence-corrected chi connectivity index (χ4v) is 2.29. The summed E-state index contributed by atoms with van der Waals surface area (Å²) >= 11 is 6.03. The van der Waals surface area contributed by atoms with Gasteiger partial charge in [-0.15, -0.1) is 0 Å². The van der Waals surface area contributed by atoms with Gasteiger partial charge in [0.25, 0.3) is 5.56 Å². The molecule has 0 aliphatic carbocycles. The van der Waals surface area contributed by atoms with Crippen molar-refractivity contribution in [3.8, 4) is 0 Å². The average molecular weight is 272 g/mol. The predicted molar refractivity (Wildman–Crippen MR) is 71.3 cm³/mol. The lowest BCUT2D eigenvalue weighted by Gasteiger charge is -2.24. The predicted octanol–water partition coefficient (Wildman–Crippen LogP) is 1.90. The van der Waals surface area contributed by atoms with Crippen LogP contribution in [-0.4, -0.2) is 28.5 Å². The number of nitrogens with one attached hydrogen (secondary N) is 1. The van der Waals surface area contributed by atoms with Crippen LogP contribution in [0.5, 0.6) is 0 Å². The topological polar surface area (TPSA) is 56.1 Å². The molecule has 0 amide bonds. The first-order valence-electron chi connectivity index (χ1n) is 6.19. The van der Waals surface area contributed by atoms with Gasteiger partial charge in [0, 0.05) is 19.7 Å². The molecule has 1 atom stereocenters. The van der Waals surface area contributed by atoms with Crippen LogP contribution in [-0.2, 0) is 11.3 Å². The van der Waals surface area contributed by atoms with E-state index in [4.69, 9.17) is 16.3 Å². The Bertz CT molecular complexity index is 481. The third-order valence-corrected chi connectivity index (χ3v) is 3.60. The molecule has 5 nitrogen and oxygen atoms in total. The number of ether oxygens (including phenoxy) is 1. The molecule has 100 valence electrons. The minimum Gasteiger partial charge on any atom is -0.379 e. The number of nitrogens with zero attached hydrogens (tertiary/aromatic N) is 2. The van der Waals surface area contributed by atoms with E-state index < -0.39 is 0 Å². The molecule has 0 bridgehead atoms. The summed E-state index contributed by atoms with van der Waals surface area (Å²) in [5, 5.41) is 7.39. The third kappa shape index (κ3) is 2.67. The van der Waals surface area contributed by atoms with Crippen molar-refractivity contribution in [2.45, 2.75) is 38.8 Å². The summed E-state index contributed by atoms with van der Waals surface area (Å²) in [6, 6.07) is 0. The molecule has 0 saturated carbocycles. The van der Waals surface area contributed by atoms with Crippen LogP contribution in [0.15, 0.2) is 11.0 Å². The van der Waals surface area contributed by atoms with Gasteiger partial charge in [0.2, 0.25) is 0 Å². The van der Waals surface area contributed by atoms with Gasteiger partial charge in [0.05, 0.1) is 17.5 Å². The van der Waals surface area contributed by atoms with E-state index in [0.717, 1.165) is 19.4 Å². The van der Waals surface area contributed by atoms with Crippen LogP contribution in [0.4, 0.5) is 5.69 Å². The summed E-state index contributed by atoms with van der Waals surface area (Å²) < 4.78 is 7.00. The van der Waals surface area contributed by atoms with Gasteiger partial charge in [-0.25, -0.2) is 4.68 Å². The van der Waals surface area contributed by atoms with Gasteiger partial charge >= 0.3 is 0 Å². The Morgan fingerprint density at radius 1 is 1.67 bits per heavy atom. The first-order valence-corrected chi connectivity index (χ1v) is 6.57. The zero-order valence-corrected chi connectivity index (χ0v) is 11.5. The van der Waals surface area contributed by atoms with Crippen molar-refractivity contribution in [1.29, 1.82) is 0 Å². The van der Waals surface area contributed by atoms with E-state index in [9.17, 15) is 4.79 Å². The number of aryl methyl sites for hydroxylation is 1. The summed E-state index contributed by atoms with van der Waals surface area (Å²) in [5.41, 5.74) is 0.132. The number of anilines is 1. The maximum Gasteiger partial charge on any atom is 0.287 e. The number of hydrogen-bond acceptors (Lipinski definition) is 4. The highest BCUT2D eigenvalue weighted by Gasteiger charge is 2.29. The first-order chi connectivity index (χ1) is 8.56. The molecule has 0 radical (unpaired) electrons. The molecule has 6 heteroatoms. The van der Waals surface area contributed by atoms with Crippen molar-refractivity contribution in [2.75, 3.05) is 18.5 Å². The van der Waals surface area contributed by atoms with E-state index >= 15 is 0 Å². The molecule has 2 heterocycles. The highest BCUT2D eigenvalue weighted by molar-refractivity contribution is 6.32. The number of halogens is 1. The lowest BCUT2D eigenvalue weighted by Crippen LogP contribution is -2.33. The van der Waals surface area contributed by atoms with E-state index in [0.29, 0.717) is 18.8 Å². The average Bonchev–Trinajstić information content (AvgIpc) is 2.79. The van der Waals surface area contributed by atoms with Crippen LogP contribution in [0.25, 0.3) is 0 Å². The lowest BCUT2D eigenvalue weighted by molar-refractivity contribution is 0.0315. The molecule has 1 unspecified atom stereocenters. The summed E-state index contributed by atoms with van der Waals surface area (Å²) in [4.78, 5) is 11.8. The van der Waals surface area contributed by atoms with Crippen molar-refractivity contribution in [3.05, 3.63) is 21.6 Å². The van der Waals surface area contributed by atoms with Gasteiger partial charge in [-0.05, 0) is 26.7 Å². The smallest absolute Gasteiger partial charge is 0.287 e. The fourth-order valence-electron chi connectivity index (χ4n) is 2.07. The van der Waals surface area contributed by atoms with Gasteiger partial charge in [-0.1, -0.05) is 11.6 Å². The zero-order valence-electron chi connectivity index (χ0n) is 10.7. The highest BCUT2D eigenvalue weighted by Crippen LogP contribution is 2.26. The van der Waals surface area contributed by atoms with E-state index in [-0.39, 0.29) is 16.2 Å². The molecule has 1 aliphatic rings. The number of rotatable bonds is 4. The molecular weight excluding hydrogens is 254 g/mol. The second-order valence-corrected chi connectivity index (χ2v) is 5.13. The van der Waals surface area contributed by atoms with E-state index in [1.807, 2.05) is 6.92 Å². The molecule has 1 aromatic heterocycles. The molecule has 1 N–H and O–H groups in total. The molecule has 18 heavy (non-hydrogen) atoms. The third-order valence-electron chi connectivity index (χ3n) is 3.24. The Labute approximate surface area is 111 Å². The Morgan fingerprint density at radius 2 is 2.44 bits per heavy atom. The number of aromatic nitrogens is 2. The summed E-state index contributed by atoms with van der Waals surface area (Å²) in [6.45, 7) is 5.85. The molecule has 1 fully saturated rings. The summed E-state index contributed by atoms with van der Waals surface area (Å²) in [7, 11) is 0. The lowest BCUT2D eigenvalue weighted by atomic mass is 10.0. The maximum atomic E-state index is 11.8. The summed E-state index contributed by atoms with van der Waals surface area (Å²) in [5.74, 6) is 0. The Hall–Kier alpha value is -1.07. The molecule has 0 spiro atoms. The van der Waals surface area contributed by atoms with Crippen molar-refractivity contribution in [3.63, 3.8) is 0 Å². The molecular formula is C12H18ClN3O2. The SMILES string of the molecule is CCn1ncc(NCC2(C)CCCO2)c(Cl)c1=O. The largest absolute Gasteiger partial charge is 0.379 e. The van der Waals surface area contributed by atoms with Crippen molar-refractivity contribution in [1.82, 2.24) is 9.78 Å². The molecule has 1 aliphatic heterocycles. The minimum atomic E-state index is -0.262. The number of hydrogen-bond donors (Lipinski definition) is 1. The molecule has 2 rings (SSSR count). The fraction of sp³-hybridized carbons (Fsp3) is 0.667. The van der Waals surface area contributed by atoms with Crippen LogP contribution >= 0.6 is 11.6 Å². The Morgan fingerprint density at radius 3 is 3.06 bits per heavy atom. The van der Waals surface area contributed by atoms with Gasteiger partial charge in [0.1, 0.15) is 5.02 Å².